The average molecular weight is 898 g/mol. The molecule has 17 heteroatoms. The lowest BCUT2D eigenvalue weighted by Gasteiger charge is -2.39. The van der Waals surface area contributed by atoms with Gasteiger partial charge < -0.3 is 38.8 Å². The Morgan fingerprint density at radius 1 is 1.11 bits per heavy atom. The van der Waals surface area contributed by atoms with Gasteiger partial charge in [0.1, 0.15) is 23.9 Å². The van der Waals surface area contributed by atoms with Crippen LogP contribution in [-0.2, 0) is 51.1 Å². The number of esters is 1. The number of anilines is 1. The van der Waals surface area contributed by atoms with E-state index in [0.717, 1.165) is 39.4 Å². The van der Waals surface area contributed by atoms with Gasteiger partial charge in [0, 0.05) is 82.6 Å². The van der Waals surface area contributed by atoms with Crippen molar-refractivity contribution in [2.45, 2.75) is 111 Å². The smallest absolute Gasteiger partial charge is 0.324 e. The molecule has 7 rings (SSSR count). The van der Waals surface area contributed by atoms with Crippen molar-refractivity contribution < 1.29 is 38.2 Å². The molecule has 3 aromatic heterocycles. The highest BCUT2D eigenvalue weighted by molar-refractivity contribution is 5.94. The minimum atomic E-state index is -1.07. The summed E-state index contributed by atoms with van der Waals surface area (Å²) in [4.78, 5) is 84.6. The Bertz CT molecular complexity index is 2280. The van der Waals surface area contributed by atoms with Gasteiger partial charge in [-0.1, -0.05) is 34.3 Å². The van der Waals surface area contributed by atoms with E-state index in [9.17, 15) is 24.0 Å². The van der Waals surface area contributed by atoms with Crippen molar-refractivity contribution in [1.29, 1.82) is 0 Å². The van der Waals surface area contributed by atoms with Gasteiger partial charge in [-0.3, -0.25) is 34.0 Å². The van der Waals surface area contributed by atoms with Crippen LogP contribution in [0.1, 0.15) is 84.6 Å². The highest BCUT2D eigenvalue weighted by Crippen LogP contribution is 2.41. The molecule has 0 radical (unpaired) electrons. The summed E-state index contributed by atoms with van der Waals surface area (Å²) in [5.41, 5.74) is 8.18. The first-order valence-electron chi connectivity index (χ1n) is 23.1. The summed E-state index contributed by atoms with van der Waals surface area (Å²) < 4.78 is 20.5. The second-order valence-corrected chi connectivity index (χ2v) is 19.0. The maximum absolute atomic E-state index is 14.7. The van der Waals surface area contributed by atoms with E-state index in [-0.39, 0.29) is 43.4 Å². The zero-order chi connectivity index (χ0) is 46.7. The monoisotopic (exact) mass is 898 g/mol. The number of likely N-dealkylation sites (N-methyl/N-ethyl adjacent to an activating group) is 1. The molecule has 0 aliphatic carbocycles. The molecular weight excluding hydrogens is 831 g/mol. The Hall–Kier alpha value is -5.39. The number of pyridine rings is 2. The molecule has 65 heavy (non-hydrogen) atoms. The van der Waals surface area contributed by atoms with Gasteiger partial charge in [0.05, 0.1) is 53.8 Å². The van der Waals surface area contributed by atoms with Crippen LogP contribution in [0.3, 0.4) is 0 Å². The van der Waals surface area contributed by atoms with E-state index in [4.69, 9.17) is 24.2 Å². The van der Waals surface area contributed by atoms with Crippen LogP contribution in [0, 0.1) is 17.3 Å². The summed E-state index contributed by atoms with van der Waals surface area (Å²) in [5, 5.41) is 4.46. The van der Waals surface area contributed by atoms with E-state index in [1.54, 1.807) is 25.3 Å². The molecule has 4 aliphatic heterocycles. The first-order valence-corrected chi connectivity index (χ1v) is 23.1. The average Bonchev–Trinajstić information content (AvgIpc) is 3.92. The minimum Gasteiger partial charge on any atom is -0.464 e. The fourth-order valence-electron chi connectivity index (χ4n) is 9.96. The molecule has 6 atom stereocenters. The number of morpholine rings is 1. The summed E-state index contributed by atoms with van der Waals surface area (Å²) in [6, 6.07) is 5.37. The van der Waals surface area contributed by atoms with Crippen LogP contribution in [0.4, 0.5) is 5.82 Å². The van der Waals surface area contributed by atoms with Crippen molar-refractivity contribution in [3.63, 3.8) is 0 Å². The Morgan fingerprint density at radius 2 is 1.89 bits per heavy atom. The van der Waals surface area contributed by atoms with E-state index >= 15 is 0 Å². The van der Waals surface area contributed by atoms with Gasteiger partial charge in [0.15, 0.2) is 0 Å². The van der Waals surface area contributed by atoms with Crippen molar-refractivity contribution in [2.24, 2.45) is 17.3 Å². The molecule has 4 amide bonds. The number of ether oxygens (including phenoxy) is 3. The second-order valence-electron chi connectivity index (χ2n) is 19.0. The highest BCUT2D eigenvalue weighted by Gasteiger charge is 2.41. The maximum atomic E-state index is 14.7. The van der Waals surface area contributed by atoms with Gasteiger partial charge in [-0.15, -0.1) is 0 Å². The van der Waals surface area contributed by atoms with Crippen molar-refractivity contribution in [2.75, 3.05) is 65.0 Å². The largest absolute Gasteiger partial charge is 0.464 e. The minimum absolute atomic E-state index is 0.111. The molecule has 3 fully saturated rings. The second kappa shape index (κ2) is 20.0. The van der Waals surface area contributed by atoms with E-state index in [1.807, 2.05) is 32.9 Å². The molecule has 352 valence electrons. The normalized spacial score (nSPS) is 23.7. The lowest BCUT2D eigenvalue weighted by atomic mass is 9.85. The van der Waals surface area contributed by atoms with Gasteiger partial charge in [-0.05, 0) is 75.8 Å². The molecule has 0 aromatic carbocycles. The van der Waals surface area contributed by atoms with Crippen molar-refractivity contribution >= 4 is 46.4 Å². The van der Waals surface area contributed by atoms with Gasteiger partial charge in [0.25, 0.3) is 5.91 Å². The van der Waals surface area contributed by atoms with Crippen LogP contribution in [0.15, 0.2) is 43.1 Å². The Morgan fingerprint density at radius 3 is 2.62 bits per heavy atom. The molecule has 6 bridgehead atoms. The fraction of sp³-hybridized carbons (Fsp3) is 0.604. The lowest BCUT2D eigenvalue weighted by Crippen LogP contribution is -2.62. The molecule has 2 N–H and O–H groups in total. The third-order valence-electron chi connectivity index (χ3n) is 13.4. The van der Waals surface area contributed by atoms with E-state index in [1.165, 1.54) is 16.0 Å². The number of carbonyl (C=O) groups is 5. The molecule has 0 unspecified atom stereocenters. The van der Waals surface area contributed by atoms with Crippen molar-refractivity contribution in [1.82, 2.24) is 40.1 Å². The number of rotatable bonds is 10. The summed E-state index contributed by atoms with van der Waals surface area (Å²) in [7, 11) is 3.28. The maximum Gasteiger partial charge on any atom is 0.324 e. The number of carbonyl (C=O) groups excluding carboxylic acids is 5. The van der Waals surface area contributed by atoms with E-state index < -0.39 is 53.3 Å². The van der Waals surface area contributed by atoms with Gasteiger partial charge in [-0.2, -0.15) is 0 Å². The molecule has 3 aromatic rings. The number of fused-ring (bicyclic) bond motifs is 6. The van der Waals surface area contributed by atoms with Crippen LogP contribution >= 0.6 is 0 Å². The number of amides is 4. The topological polar surface area (TPSA) is 181 Å². The number of hydrogen-bond donors (Lipinski definition) is 2. The number of nitrogens with one attached hydrogen (secondary N) is 2. The number of hydrazine groups is 1. The SMILES string of the molecule is C=CC(=O)N1CC[C@H](C(=O)N(C)[C@H](C(=O)N[C@H]2C[C@@H]3CN(CCO3)c3ccc4c(n3)c(c(-c3cccnc3[C@H](C)OC)n4CC)CC(C)(C)COC(=O)[C@@H]3CCCN(N3)C2=O)C(C)C)C1. The Labute approximate surface area is 382 Å². The predicted octanol–water partition coefficient (Wildman–Crippen LogP) is 4.04. The first-order chi connectivity index (χ1) is 31.0. The van der Waals surface area contributed by atoms with Crippen LogP contribution in [-0.4, -0.2) is 143 Å². The van der Waals surface area contributed by atoms with Gasteiger partial charge >= 0.3 is 5.97 Å². The molecule has 4 aliphatic rings. The van der Waals surface area contributed by atoms with Gasteiger partial charge in [-0.25, -0.2) is 10.4 Å². The number of aromatic nitrogens is 3. The number of likely N-dealkylation sites (tertiary alicyclic amines) is 1. The van der Waals surface area contributed by atoms with E-state index in [2.05, 4.69) is 59.7 Å². The van der Waals surface area contributed by atoms with Crippen LogP contribution in [0.2, 0.25) is 0 Å². The summed E-state index contributed by atoms with van der Waals surface area (Å²) >= 11 is 0. The lowest BCUT2D eigenvalue weighted by molar-refractivity contribution is -0.156. The molecule has 0 saturated carbocycles. The summed E-state index contributed by atoms with van der Waals surface area (Å²) in [6.45, 7) is 18.6. The Balaban J connectivity index is 1.24. The molecule has 7 heterocycles. The van der Waals surface area contributed by atoms with Crippen LogP contribution in [0.25, 0.3) is 22.3 Å². The number of hydrogen-bond acceptors (Lipinski definition) is 12. The van der Waals surface area contributed by atoms with Crippen LogP contribution in [0.5, 0.6) is 0 Å². The molecular formula is C48H67N9O8. The zero-order valence-electron chi connectivity index (χ0n) is 39.3. The van der Waals surface area contributed by atoms with E-state index in [0.29, 0.717) is 65.0 Å². The highest BCUT2D eigenvalue weighted by atomic mass is 16.5. The molecule has 17 nitrogen and oxygen atoms in total. The van der Waals surface area contributed by atoms with Gasteiger partial charge in [0.2, 0.25) is 17.7 Å². The first kappa shape index (κ1) is 47.6. The molecule has 3 saturated heterocycles. The third kappa shape index (κ3) is 10.1. The number of methoxy groups -OCH3 is 1. The van der Waals surface area contributed by atoms with Crippen molar-refractivity contribution in [3.05, 3.63) is 54.4 Å². The number of aryl methyl sites for hydroxylation is 1. The predicted molar refractivity (Wildman–Crippen MR) is 245 cm³/mol. The summed E-state index contributed by atoms with van der Waals surface area (Å²) in [6.07, 6.45) is 4.38. The summed E-state index contributed by atoms with van der Waals surface area (Å²) in [5.74, 6) is -1.89. The Kier molecular flexibility index (Phi) is 14.6. The fourth-order valence-corrected chi connectivity index (χ4v) is 9.96. The number of nitrogens with zero attached hydrogens (tertiary/aromatic N) is 7. The standard InChI is InChI=1S/C48H67N9O8/c1-10-39(58)55-21-18-31(26-55)45(60)53(8)42(29(3)4)44(59)50-36-24-32-27-54(22-23-64-32)38-17-16-37-41(51-38)34(43(56(37)11-2)33-14-12-19-49-40(33)30(5)63-9)25-48(6,7)28-65-47(62)35-15-13-20-57(52-35)46(36)61/h10,12,14,16-17,19,29-32,35-36,42,52H,1,11,13,15,18,20-28H2,2-9H3,(H,50,59)/t30-,31-,32+,35-,36-,42-/m0/s1. The number of cyclic esters (lactones) is 1. The van der Waals surface area contributed by atoms with Crippen molar-refractivity contribution in [3.8, 4) is 11.3 Å². The van der Waals surface area contributed by atoms with Crippen LogP contribution < -0.4 is 15.6 Å². The molecule has 0 spiro atoms. The quantitative estimate of drug-likeness (QED) is 0.221. The zero-order valence-corrected chi connectivity index (χ0v) is 39.3. The third-order valence-corrected chi connectivity index (χ3v) is 13.4.